The van der Waals surface area contributed by atoms with Crippen LogP contribution in [0.4, 0.5) is 18.9 Å². The minimum absolute atomic E-state index is 0.0135. The molecule has 0 spiro atoms. The fourth-order valence-corrected chi connectivity index (χ4v) is 2.24. The van der Waals surface area contributed by atoms with E-state index in [9.17, 15) is 33.2 Å². The molecule has 9 nitrogen and oxygen atoms in total. The van der Waals surface area contributed by atoms with E-state index in [0.29, 0.717) is 0 Å². The molecular formula is C11H12F3N5O4. The standard InChI is InChI=1S/C11H12F3N5O4/c1-6-9(19(22)23)7(2)17(16-6)5-8(20)18-10(21,3-4-15-18)11(12,13)14/h4,21H,3,5H2,1-2H3/t10-/m0/s1. The number of hydrogen-bond donors (Lipinski definition) is 1. The van der Waals surface area contributed by atoms with Gasteiger partial charge < -0.3 is 5.11 Å². The van der Waals surface area contributed by atoms with Crippen molar-refractivity contribution in [3.63, 3.8) is 0 Å². The number of halogens is 3. The van der Waals surface area contributed by atoms with Gasteiger partial charge in [0.2, 0.25) is 0 Å². The lowest BCUT2D eigenvalue weighted by Gasteiger charge is -2.32. The Morgan fingerprint density at radius 1 is 1.52 bits per heavy atom. The van der Waals surface area contributed by atoms with E-state index < -0.39 is 35.7 Å². The molecule has 126 valence electrons. The zero-order chi connectivity index (χ0) is 17.6. The SMILES string of the molecule is Cc1nn(CC(=O)N2N=CC[C@]2(O)C(F)(F)F)c(C)c1[N+](=O)[O-]. The van der Waals surface area contributed by atoms with Gasteiger partial charge in [-0.2, -0.15) is 28.4 Å². The summed E-state index contributed by atoms with van der Waals surface area (Å²) in [6.45, 7) is 1.93. The van der Waals surface area contributed by atoms with Crippen LogP contribution in [0.25, 0.3) is 0 Å². The molecular weight excluding hydrogens is 323 g/mol. The summed E-state index contributed by atoms with van der Waals surface area (Å²) in [5, 5.41) is 27.5. The molecule has 1 aliphatic rings. The molecule has 1 amide bonds. The van der Waals surface area contributed by atoms with Crippen molar-refractivity contribution < 1.29 is 28.0 Å². The maximum absolute atomic E-state index is 12.9. The molecule has 0 saturated carbocycles. The number of hydrazone groups is 1. The highest BCUT2D eigenvalue weighted by molar-refractivity contribution is 5.80. The lowest BCUT2D eigenvalue weighted by molar-refractivity contribution is -0.386. The van der Waals surface area contributed by atoms with Crippen LogP contribution in [-0.4, -0.2) is 48.8 Å². The van der Waals surface area contributed by atoms with Gasteiger partial charge in [-0.3, -0.25) is 19.6 Å². The number of hydrogen-bond acceptors (Lipinski definition) is 6. The van der Waals surface area contributed by atoms with E-state index in [0.717, 1.165) is 10.9 Å². The van der Waals surface area contributed by atoms with Crippen molar-refractivity contribution in [1.29, 1.82) is 0 Å². The van der Waals surface area contributed by atoms with Gasteiger partial charge >= 0.3 is 11.9 Å². The van der Waals surface area contributed by atoms with E-state index in [4.69, 9.17) is 0 Å². The highest BCUT2D eigenvalue weighted by Crippen LogP contribution is 2.38. The van der Waals surface area contributed by atoms with Crippen LogP contribution in [-0.2, 0) is 11.3 Å². The van der Waals surface area contributed by atoms with Crippen molar-refractivity contribution >= 4 is 17.8 Å². The summed E-state index contributed by atoms with van der Waals surface area (Å²) in [5.41, 5.74) is -3.71. The van der Waals surface area contributed by atoms with Crippen LogP contribution < -0.4 is 0 Å². The second-order valence-electron chi connectivity index (χ2n) is 4.96. The second kappa shape index (κ2) is 5.30. The van der Waals surface area contributed by atoms with E-state index in [1.807, 2.05) is 0 Å². The van der Waals surface area contributed by atoms with E-state index in [2.05, 4.69) is 10.2 Å². The van der Waals surface area contributed by atoms with Crippen LogP contribution in [0.1, 0.15) is 17.8 Å². The number of aryl methyl sites for hydroxylation is 1. The smallest absolute Gasteiger partial charge is 0.362 e. The molecule has 1 aliphatic heterocycles. The minimum Gasteiger partial charge on any atom is -0.362 e. The van der Waals surface area contributed by atoms with Gasteiger partial charge in [0.25, 0.3) is 11.6 Å². The van der Waals surface area contributed by atoms with Gasteiger partial charge in [0.15, 0.2) is 0 Å². The van der Waals surface area contributed by atoms with Crippen molar-refractivity contribution in [2.45, 2.75) is 38.7 Å². The molecule has 0 fully saturated rings. The first-order chi connectivity index (χ1) is 10.5. The highest BCUT2D eigenvalue weighted by atomic mass is 19.4. The summed E-state index contributed by atoms with van der Waals surface area (Å²) < 4.78 is 39.6. The van der Waals surface area contributed by atoms with Crippen LogP contribution in [0.3, 0.4) is 0 Å². The average molecular weight is 335 g/mol. The third-order valence-electron chi connectivity index (χ3n) is 3.42. The number of carbonyl (C=O) groups is 1. The molecule has 1 aromatic heterocycles. The van der Waals surface area contributed by atoms with Crippen molar-refractivity contribution in [3.05, 3.63) is 21.5 Å². The third kappa shape index (κ3) is 2.65. The minimum atomic E-state index is -5.10. The van der Waals surface area contributed by atoms with Crippen molar-refractivity contribution in [2.24, 2.45) is 5.10 Å². The molecule has 0 aliphatic carbocycles. The van der Waals surface area contributed by atoms with Crippen LogP contribution in [0.2, 0.25) is 0 Å². The van der Waals surface area contributed by atoms with E-state index >= 15 is 0 Å². The summed E-state index contributed by atoms with van der Waals surface area (Å²) in [5.74, 6) is -1.20. The van der Waals surface area contributed by atoms with Crippen molar-refractivity contribution in [1.82, 2.24) is 14.8 Å². The first kappa shape index (κ1) is 16.9. The molecule has 0 unspecified atom stereocenters. The summed E-state index contributed by atoms with van der Waals surface area (Å²) >= 11 is 0. The fraction of sp³-hybridized carbons (Fsp3) is 0.545. The Morgan fingerprint density at radius 2 is 2.13 bits per heavy atom. The van der Waals surface area contributed by atoms with Crippen LogP contribution >= 0.6 is 0 Å². The summed E-state index contributed by atoms with van der Waals surface area (Å²) in [6.07, 6.45) is -5.21. The topological polar surface area (TPSA) is 114 Å². The monoisotopic (exact) mass is 335 g/mol. The van der Waals surface area contributed by atoms with Crippen LogP contribution in [0.5, 0.6) is 0 Å². The predicted octanol–water partition coefficient (Wildman–Crippen LogP) is 0.877. The fourth-order valence-electron chi connectivity index (χ4n) is 2.24. The third-order valence-corrected chi connectivity index (χ3v) is 3.42. The molecule has 0 aromatic carbocycles. The van der Waals surface area contributed by atoms with E-state index in [-0.39, 0.29) is 22.1 Å². The Kier molecular flexibility index (Phi) is 3.88. The van der Waals surface area contributed by atoms with Gasteiger partial charge in [0, 0.05) is 12.6 Å². The van der Waals surface area contributed by atoms with E-state index in [1.54, 1.807) is 0 Å². The van der Waals surface area contributed by atoms with Gasteiger partial charge in [-0.05, 0) is 13.8 Å². The maximum Gasteiger partial charge on any atom is 0.438 e. The molecule has 0 saturated heterocycles. The highest BCUT2D eigenvalue weighted by Gasteiger charge is 2.61. The van der Waals surface area contributed by atoms with Gasteiger partial charge in [0.05, 0.1) is 4.92 Å². The Morgan fingerprint density at radius 3 is 2.61 bits per heavy atom. The largest absolute Gasteiger partial charge is 0.438 e. The quantitative estimate of drug-likeness (QED) is 0.650. The Bertz CT molecular complexity index is 699. The molecule has 0 bridgehead atoms. The number of aromatic nitrogens is 2. The normalized spacial score (nSPS) is 21.0. The zero-order valence-corrected chi connectivity index (χ0v) is 12.0. The van der Waals surface area contributed by atoms with Crippen molar-refractivity contribution in [3.8, 4) is 0 Å². The maximum atomic E-state index is 12.9. The van der Waals surface area contributed by atoms with Crippen molar-refractivity contribution in [2.75, 3.05) is 0 Å². The number of aliphatic hydroxyl groups is 1. The summed E-state index contributed by atoms with van der Waals surface area (Å²) in [4.78, 5) is 22.2. The predicted molar refractivity (Wildman–Crippen MR) is 69.3 cm³/mol. The number of alkyl halides is 3. The van der Waals surface area contributed by atoms with Crippen LogP contribution in [0.15, 0.2) is 5.10 Å². The van der Waals surface area contributed by atoms with Gasteiger partial charge in [-0.25, -0.2) is 0 Å². The number of rotatable bonds is 3. The van der Waals surface area contributed by atoms with E-state index in [1.165, 1.54) is 13.8 Å². The Balaban J connectivity index is 2.28. The molecule has 1 atom stereocenters. The summed E-state index contributed by atoms with van der Waals surface area (Å²) in [7, 11) is 0. The number of carbonyl (C=O) groups excluding carboxylic acids is 1. The molecule has 2 rings (SSSR count). The average Bonchev–Trinajstić information content (AvgIpc) is 2.91. The number of nitrogens with zero attached hydrogens (tertiary/aromatic N) is 5. The molecule has 12 heteroatoms. The molecule has 2 heterocycles. The lowest BCUT2D eigenvalue weighted by atomic mass is 10.1. The Labute approximate surface area is 127 Å². The summed E-state index contributed by atoms with van der Waals surface area (Å²) in [6, 6.07) is 0. The molecule has 0 radical (unpaired) electrons. The van der Waals surface area contributed by atoms with Gasteiger partial charge in [0.1, 0.15) is 17.9 Å². The van der Waals surface area contributed by atoms with Crippen LogP contribution in [0, 0.1) is 24.0 Å². The molecule has 23 heavy (non-hydrogen) atoms. The Hall–Kier alpha value is -2.50. The lowest BCUT2D eigenvalue weighted by Crippen LogP contribution is -2.57. The van der Waals surface area contributed by atoms with Gasteiger partial charge in [-0.15, -0.1) is 0 Å². The second-order valence-corrected chi connectivity index (χ2v) is 4.96. The molecule has 1 aromatic rings. The first-order valence-corrected chi connectivity index (χ1v) is 6.32. The van der Waals surface area contributed by atoms with Gasteiger partial charge in [-0.1, -0.05) is 0 Å². The zero-order valence-electron chi connectivity index (χ0n) is 12.0. The number of amides is 1. The first-order valence-electron chi connectivity index (χ1n) is 6.32. The molecule has 1 N–H and O–H groups in total. The number of nitro groups is 1.